The van der Waals surface area contributed by atoms with E-state index in [1.807, 2.05) is 0 Å². The number of alkyl halides is 3. The average Bonchev–Trinajstić information content (AvgIpc) is 3.37. The van der Waals surface area contributed by atoms with Gasteiger partial charge in [0.2, 0.25) is 0 Å². The number of nitriles is 1. The maximum atomic E-state index is 13.3. The molecule has 1 aromatic heterocycles. The summed E-state index contributed by atoms with van der Waals surface area (Å²) in [6.07, 6.45) is -3.39. The zero-order chi connectivity index (χ0) is 29.9. The summed E-state index contributed by atoms with van der Waals surface area (Å²) in [5, 5.41) is 14.6. The van der Waals surface area contributed by atoms with Crippen LogP contribution in [-0.4, -0.2) is 23.1 Å². The smallest absolute Gasteiger partial charge is 0.416 e. The molecule has 0 saturated heterocycles. The summed E-state index contributed by atoms with van der Waals surface area (Å²) < 4.78 is 44.5. The lowest BCUT2D eigenvalue weighted by Gasteiger charge is -2.10. The molecule has 0 unspecified atom stereocenters. The number of halogens is 4. The lowest BCUT2D eigenvalue weighted by Crippen LogP contribution is -2.19. The minimum Gasteiger partial charge on any atom is -0.422 e. The van der Waals surface area contributed by atoms with E-state index in [0.29, 0.717) is 38.7 Å². The van der Waals surface area contributed by atoms with Crippen molar-refractivity contribution in [1.82, 2.24) is 10.4 Å². The molecule has 0 atom stereocenters. The van der Waals surface area contributed by atoms with Crippen LogP contribution in [0.3, 0.4) is 0 Å². The normalized spacial score (nSPS) is 11.4. The second-order valence-electron chi connectivity index (χ2n) is 8.90. The molecule has 2 N–H and O–H groups in total. The first-order valence-corrected chi connectivity index (χ1v) is 12.7. The van der Waals surface area contributed by atoms with E-state index in [1.54, 1.807) is 60.7 Å². The Kier molecular flexibility index (Phi) is 7.78. The van der Waals surface area contributed by atoms with E-state index in [9.17, 15) is 28.0 Å². The number of nitrogens with zero attached hydrogens (tertiary/aromatic N) is 2. The van der Waals surface area contributed by atoms with Gasteiger partial charge in [-0.1, -0.05) is 60.1 Å². The van der Waals surface area contributed by atoms with Gasteiger partial charge in [-0.05, 0) is 42.5 Å². The fourth-order valence-corrected chi connectivity index (χ4v) is 4.53. The Morgan fingerprint density at radius 2 is 1.71 bits per heavy atom. The van der Waals surface area contributed by atoms with Crippen LogP contribution in [0.25, 0.3) is 22.0 Å². The lowest BCUT2D eigenvalue weighted by molar-refractivity contribution is -0.137. The summed E-state index contributed by atoms with van der Waals surface area (Å²) in [6.45, 7) is 0. The molecular formula is C31H18ClF3N4O3. The number of benzene rings is 4. The van der Waals surface area contributed by atoms with E-state index in [2.05, 4.69) is 21.6 Å². The van der Waals surface area contributed by atoms with Gasteiger partial charge in [0.25, 0.3) is 5.91 Å². The molecule has 208 valence electrons. The zero-order valence-corrected chi connectivity index (χ0v) is 22.1. The maximum Gasteiger partial charge on any atom is 0.416 e. The molecule has 4 aromatic carbocycles. The summed E-state index contributed by atoms with van der Waals surface area (Å²) in [5.41, 5.74) is 3.38. The molecule has 0 saturated carbocycles. The van der Waals surface area contributed by atoms with Crippen molar-refractivity contribution in [3.8, 4) is 22.9 Å². The number of para-hydroxylation sites is 2. The number of aromatic nitrogens is 1. The molecule has 5 rings (SSSR count). The van der Waals surface area contributed by atoms with Crippen molar-refractivity contribution >= 4 is 40.6 Å². The van der Waals surface area contributed by atoms with Crippen molar-refractivity contribution in [2.24, 2.45) is 5.10 Å². The number of carbonyl (C=O) groups excluding carboxylic acids is 2. The number of carbonyl (C=O) groups is 2. The predicted molar refractivity (Wildman–Crippen MR) is 151 cm³/mol. The molecule has 0 aliphatic carbocycles. The van der Waals surface area contributed by atoms with Crippen molar-refractivity contribution in [2.45, 2.75) is 6.18 Å². The summed E-state index contributed by atoms with van der Waals surface area (Å²) >= 11 is 6.45. The van der Waals surface area contributed by atoms with Crippen molar-refractivity contribution in [2.75, 3.05) is 0 Å². The predicted octanol–water partition coefficient (Wildman–Crippen LogP) is 7.36. The first kappa shape index (κ1) is 28.1. The van der Waals surface area contributed by atoms with Crippen molar-refractivity contribution in [3.05, 3.63) is 124 Å². The van der Waals surface area contributed by atoms with Gasteiger partial charge in [-0.3, -0.25) is 4.79 Å². The number of nitrogens with one attached hydrogen (secondary N) is 2. The Bertz CT molecular complexity index is 1910. The second kappa shape index (κ2) is 11.6. The second-order valence-corrected chi connectivity index (χ2v) is 9.31. The molecule has 42 heavy (non-hydrogen) atoms. The third-order valence-corrected chi connectivity index (χ3v) is 6.57. The van der Waals surface area contributed by atoms with Gasteiger partial charge in [-0.15, -0.1) is 0 Å². The van der Waals surface area contributed by atoms with Crippen LogP contribution in [-0.2, 0) is 6.18 Å². The molecule has 5 aromatic rings. The topological polar surface area (TPSA) is 107 Å². The highest BCUT2D eigenvalue weighted by Crippen LogP contribution is 2.37. The van der Waals surface area contributed by atoms with Crippen LogP contribution < -0.4 is 10.2 Å². The van der Waals surface area contributed by atoms with E-state index >= 15 is 0 Å². The van der Waals surface area contributed by atoms with Crippen molar-refractivity contribution in [1.29, 1.82) is 5.26 Å². The van der Waals surface area contributed by atoms with Gasteiger partial charge in [0.15, 0.2) is 0 Å². The Morgan fingerprint density at radius 3 is 2.48 bits per heavy atom. The van der Waals surface area contributed by atoms with Gasteiger partial charge in [0, 0.05) is 27.1 Å². The lowest BCUT2D eigenvalue weighted by atomic mass is 10.0. The highest BCUT2D eigenvalue weighted by molar-refractivity contribution is 6.34. The largest absolute Gasteiger partial charge is 0.422 e. The van der Waals surface area contributed by atoms with E-state index in [0.717, 1.165) is 12.1 Å². The molecule has 0 bridgehead atoms. The van der Waals surface area contributed by atoms with Crippen molar-refractivity contribution < 1.29 is 27.5 Å². The van der Waals surface area contributed by atoms with Crippen LogP contribution in [0, 0.1) is 11.3 Å². The highest BCUT2D eigenvalue weighted by Gasteiger charge is 2.31. The number of aromatic amines is 1. The average molecular weight is 587 g/mol. The van der Waals surface area contributed by atoms with Gasteiger partial charge < -0.3 is 9.72 Å². The summed E-state index contributed by atoms with van der Waals surface area (Å²) in [4.78, 5) is 28.9. The first-order chi connectivity index (χ1) is 20.2. The summed E-state index contributed by atoms with van der Waals surface area (Å²) in [7, 11) is 0. The Hall–Kier alpha value is -5.40. The van der Waals surface area contributed by atoms with E-state index in [1.165, 1.54) is 18.3 Å². The molecule has 0 spiro atoms. The molecule has 0 fully saturated rings. The fraction of sp³-hybridized carbons (Fsp3) is 0.0323. The monoisotopic (exact) mass is 586 g/mol. The number of ether oxygens (including phenoxy) is 1. The van der Waals surface area contributed by atoms with Gasteiger partial charge in [-0.2, -0.15) is 23.5 Å². The number of amides is 1. The molecule has 1 amide bonds. The number of fused-ring (bicyclic) bond motifs is 1. The Morgan fingerprint density at radius 1 is 0.976 bits per heavy atom. The number of hydrazone groups is 1. The molecule has 0 aliphatic heterocycles. The first-order valence-electron chi connectivity index (χ1n) is 12.3. The molecule has 0 aliphatic rings. The van der Waals surface area contributed by atoms with E-state index < -0.39 is 23.6 Å². The molecular weight excluding hydrogens is 569 g/mol. The molecule has 7 nitrogen and oxygen atoms in total. The van der Waals surface area contributed by atoms with Gasteiger partial charge in [0.05, 0.1) is 28.4 Å². The van der Waals surface area contributed by atoms with Crippen molar-refractivity contribution in [3.63, 3.8) is 0 Å². The SMILES string of the molecule is N#Cc1cccc2c(-c3ccccc3Cl)c(C(=O)NN=Cc3ccccc3OC(=O)c3cccc(C(F)(F)F)c3)[nH]c12. The maximum absolute atomic E-state index is 13.3. The summed E-state index contributed by atoms with van der Waals surface area (Å²) in [6, 6.07) is 24.2. The molecule has 11 heteroatoms. The third kappa shape index (κ3) is 5.73. The standard InChI is InChI=1S/C31H18ClF3N4O3/c32-24-13-3-2-11-22(24)26-23-12-6-9-19(16-36)27(23)38-28(26)29(40)39-37-17-20-7-1-4-14-25(20)42-30(41)18-8-5-10-21(15-18)31(33,34)35/h1-15,17,38H,(H,39,40). The van der Waals surface area contributed by atoms with Crippen LogP contribution in [0.4, 0.5) is 13.2 Å². The molecule has 1 heterocycles. The number of hydrogen-bond donors (Lipinski definition) is 2. The van der Waals surface area contributed by atoms with Gasteiger partial charge >= 0.3 is 12.1 Å². The third-order valence-electron chi connectivity index (χ3n) is 6.24. The minimum absolute atomic E-state index is 0.0129. The van der Waals surface area contributed by atoms with Gasteiger partial charge in [-0.25, -0.2) is 10.2 Å². The van der Waals surface area contributed by atoms with Crippen LogP contribution in [0.2, 0.25) is 5.02 Å². The van der Waals surface area contributed by atoms with Crippen LogP contribution in [0.5, 0.6) is 5.75 Å². The van der Waals surface area contributed by atoms with Gasteiger partial charge in [0.1, 0.15) is 17.5 Å². The Balaban J connectivity index is 1.41. The zero-order valence-electron chi connectivity index (χ0n) is 21.4. The fourth-order valence-electron chi connectivity index (χ4n) is 4.30. The summed E-state index contributed by atoms with van der Waals surface area (Å²) in [5.74, 6) is -1.62. The minimum atomic E-state index is -4.62. The van der Waals surface area contributed by atoms with Crippen LogP contribution in [0.1, 0.15) is 37.5 Å². The number of esters is 1. The van der Waals surface area contributed by atoms with Crippen LogP contribution in [0.15, 0.2) is 96.1 Å². The van der Waals surface area contributed by atoms with E-state index in [-0.39, 0.29) is 22.6 Å². The highest BCUT2D eigenvalue weighted by atomic mass is 35.5. The van der Waals surface area contributed by atoms with E-state index in [4.69, 9.17) is 16.3 Å². The molecule has 0 radical (unpaired) electrons. The Labute approximate surface area is 241 Å². The van der Waals surface area contributed by atoms with Crippen LogP contribution >= 0.6 is 11.6 Å². The number of H-pyrrole nitrogens is 1. The number of hydrogen-bond acceptors (Lipinski definition) is 5. The quantitative estimate of drug-likeness (QED) is 0.0938. The number of rotatable bonds is 6.